The molecular weight excluding hydrogens is 298 g/mol. The molecule has 0 saturated carbocycles. The van der Waals surface area contributed by atoms with Crippen molar-refractivity contribution in [2.75, 3.05) is 46.5 Å². The molecule has 0 aliphatic carbocycles. The lowest BCUT2D eigenvalue weighted by molar-refractivity contribution is -0.146. The van der Waals surface area contributed by atoms with Crippen LogP contribution in [0.1, 0.15) is 12.8 Å². The zero-order chi connectivity index (χ0) is 14.5. The number of hydrogen-bond acceptors (Lipinski definition) is 5. The predicted molar refractivity (Wildman–Crippen MR) is 79.2 cm³/mol. The minimum atomic E-state index is -0.625. The van der Waals surface area contributed by atoms with E-state index in [4.69, 9.17) is 15.2 Å². The van der Waals surface area contributed by atoms with Gasteiger partial charge in [-0.2, -0.15) is 0 Å². The highest BCUT2D eigenvalue weighted by Crippen LogP contribution is 2.16. The first-order valence-electron chi connectivity index (χ1n) is 7.07. The Morgan fingerprint density at radius 3 is 2.43 bits per heavy atom. The van der Waals surface area contributed by atoms with Crippen LogP contribution in [0.25, 0.3) is 0 Å². The van der Waals surface area contributed by atoms with Crippen LogP contribution in [-0.2, 0) is 19.1 Å². The van der Waals surface area contributed by atoms with Gasteiger partial charge in [0.05, 0.1) is 6.61 Å². The van der Waals surface area contributed by atoms with Crippen LogP contribution < -0.4 is 5.73 Å². The first-order chi connectivity index (χ1) is 9.63. The number of amides is 2. The summed E-state index contributed by atoms with van der Waals surface area (Å²) in [7, 11) is 1.52. The summed E-state index contributed by atoms with van der Waals surface area (Å²) in [4.78, 5) is 27.7. The highest BCUT2D eigenvalue weighted by Gasteiger charge is 2.32. The molecule has 8 heteroatoms. The second-order valence-corrected chi connectivity index (χ2v) is 5.21. The molecule has 0 aromatic rings. The summed E-state index contributed by atoms with van der Waals surface area (Å²) in [6.07, 6.45) is 1.46. The van der Waals surface area contributed by atoms with Gasteiger partial charge < -0.3 is 25.0 Å². The fourth-order valence-corrected chi connectivity index (χ4v) is 2.61. The Labute approximate surface area is 131 Å². The molecule has 0 spiro atoms. The van der Waals surface area contributed by atoms with E-state index in [1.54, 1.807) is 9.80 Å². The van der Waals surface area contributed by atoms with E-state index in [0.29, 0.717) is 32.8 Å². The first-order valence-corrected chi connectivity index (χ1v) is 7.07. The topological polar surface area (TPSA) is 85.1 Å². The summed E-state index contributed by atoms with van der Waals surface area (Å²) in [5.41, 5.74) is 5.74. The van der Waals surface area contributed by atoms with Crippen LogP contribution in [-0.4, -0.2) is 80.3 Å². The lowest BCUT2D eigenvalue weighted by atomic mass is 10.2. The fourth-order valence-electron chi connectivity index (χ4n) is 2.61. The summed E-state index contributed by atoms with van der Waals surface area (Å²) in [5, 5.41) is 0. The quantitative estimate of drug-likeness (QED) is 0.735. The van der Waals surface area contributed by atoms with Gasteiger partial charge >= 0.3 is 0 Å². The van der Waals surface area contributed by atoms with Crippen molar-refractivity contribution in [2.24, 2.45) is 5.73 Å². The van der Waals surface area contributed by atoms with Gasteiger partial charge in [-0.3, -0.25) is 9.59 Å². The zero-order valence-electron chi connectivity index (χ0n) is 12.3. The Morgan fingerprint density at radius 2 is 1.90 bits per heavy atom. The van der Waals surface area contributed by atoms with Crippen molar-refractivity contribution in [3.8, 4) is 0 Å². The van der Waals surface area contributed by atoms with E-state index >= 15 is 0 Å². The Morgan fingerprint density at radius 1 is 1.29 bits per heavy atom. The molecule has 2 saturated heterocycles. The second-order valence-electron chi connectivity index (χ2n) is 5.21. The van der Waals surface area contributed by atoms with E-state index in [0.717, 1.165) is 12.8 Å². The number of carbonyl (C=O) groups excluding carboxylic acids is 2. The molecule has 122 valence electrons. The van der Waals surface area contributed by atoms with Gasteiger partial charge in [-0.1, -0.05) is 0 Å². The lowest BCUT2D eigenvalue weighted by Gasteiger charge is -2.36. The average Bonchev–Trinajstić information content (AvgIpc) is 3.00. The summed E-state index contributed by atoms with van der Waals surface area (Å²) >= 11 is 0. The van der Waals surface area contributed by atoms with Crippen LogP contribution in [0.3, 0.4) is 0 Å². The number of nitrogens with zero attached hydrogens (tertiary/aromatic N) is 2. The Hall–Kier alpha value is -0.890. The zero-order valence-corrected chi connectivity index (χ0v) is 13.1. The van der Waals surface area contributed by atoms with Crippen LogP contribution in [0.4, 0.5) is 0 Å². The molecule has 0 radical (unpaired) electrons. The van der Waals surface area contributed by atoms with Crippen molar-refractivity contribution in [2.45, 2.75) is 25.0 Å². The largest absolute Gasteiger partial charge is 0.383 e. The average molecular weight is 322 g/mol. The summed E-state index contributed by atoms with van der Waals surface area (Å²) < 4.78 is 10.3. The van der Waals surface area contributed by atoms with Gasteiger partial charge in [0.1, 0.15) is 12.1 Å². The number of piperazine rings is 1. The summed E-state index contributed by atoms with van der Waals surface area (Å²) in [6, 6.07) is -0.625. The Kier molecular flexibility index (Phi) is 7.37. The molecular formula is C13H24ClN3O4. The van der Waals surface area contributed by atoms with Crippen molar-refractivity contribution in [3.63, 3.8) is 0 Å². The molecule has 2 aliphatic rings. The van der Waals surface area contributed by atoms with Gasteiger partial charge in [-0.05, 0) is 12.8 Å². The van der Waals surface area contributed by atoms with Crippen molar-refractivity contribution in [1.29, 1.82) is 0 Å². The van der Waals surface area contributed by atoms with E-state index in [9.17, 15) is 9.59 Å². The SMILES string of the molecule is COCC(N)C(=O)N1CCN(C(=O)C2CCCO2)CC1.Cl. The van der Waals surface area contributed by atoms with E-state index < -0.39 is 6.04 Å². The smallest absolute Gasteiger partial charge is 0.251 e. The van der Waals surface area contributed by atoms with Crippen molar-refractivity contribution in [3.05, 3.63) is 0 Å². The molecule has 7 nitrogen and oxygen atoms in total. The lowest BCUT2D eigenvalue weighted by Crippen LogP contribution is -2.56. The van der Waals surface area contributed by atoms with Crippen LogP contribution in [0.2, 0.25) is 0 Å². The maximum atomic E-state index is 12.2. The van der Waals surface area contributed by atoms with Gasteiger partial charge in [0.2, 0.25) is 5.91 Å². The molecule has 2 atom stereocenters. The molecule has 2 unspecified atom stereocenters. The van der Waals surface area contributed by atoms with E-state index in [2.05, 4.69) is 0 Å². The number of nitrogens with two attached hydrogens (primary N) is 1. The van der Waals surface area contributed by atoms with E-state index in [1.165, 1.54) is 7.11 Å². The van der Waals surface area contributed by atoms with E-state index in [1.807, 2.05) is 0 Å². The summed E-state index contributed by atoms with van der Waals surface area (Å²) in [6.45, 7) is 3.02. The number of methoxy groups -OCH3 is 1. The summed E-state index contributed by atoms with van der Waals surface area (Å²) in [5.74, 6) is -0.0631. The van der Waals surface area contributed by atoms with Gasteiger partial charge in [-0.25, -0.2) is 0 Å². The second kappa shape index (κ2) is 8.53. The van der Waals surface area contributed by atoms with Crippen LogP contribution in [0.15, 0.2) is 0 Å². The van der Waals surface area contributed by atoms with Gasteiger partial charge in [0.25, 0.3) is 5.91 Å². The number of hydrogen-bond donors (Lipinski definition) is 1. The molecule has 2 heterocycles. The van der Waals surface area contributed by atoms with Crippen molar-refractivity contribution >= 4 is 24.2 Å². The van der Waals surface area contributed by atoms with Gasteiger partial charge in [0.15, 0.2) is 0 Å². The predicted octanol–water partition coefficient (Wildman–Crippen LogP) is -0.768. The molecule has 0 bridgehead atoms. The van der Waals surface area contributed by atoms with Gasteiger partial charge in [0, 0.05) is 39.9 Å². The number of rotatable bonds is 4. The third kappa shape index (κ3) is 4.54. The Balaban J connectivity index is 0.00000220. The van der Waals surface area contributed by atoms with E-state index in [-0.39, 0.29) is 36.9 Å². The van der Waals surface area contributed by atoms with Crippen molar-refractivity contribution < 1.29 is 19.1 Å². The molecule has 2 fully saturated rings. The normalized spacial score (nSPS) is 23.6. The third-order valence-electron chi connectivity index (χ3n) is 3.77. The number of ether oxygens (including phenoxy) is 2. The molecule has 21 heavy (non-hydrogen) atoms. The van der Waals surface area contributed by atoms with Gasteiger partial charge in [-0.15, -0.1) is 12.4 Å². The molecule has 2 amide bonds. The molecule has 2 aliphatic heterocycles. The number of halogens is 1. The van der Waals surface area contributed by atoms with Crippen LogP contribution in [0.5, 0.6) is 0 Å². The number of carbonyl (C=O) groups is 2. The monoisotopic (exact) mass is 321 g/mol. The highest BCUT2D eigenvalue weighted by molar-refractivity contribution is 5.85. The molecule has 0 aromatic carbocycles. The van der Waals surface area contributed by atoms with Crippen LogP contribution in [0, 0.1) is 0 Å². The minimum Gasteiger partial charge on any atom is -0.383 e. The maximum absolute atomic E-state index is 12.2. The third-order valence-corrected chi connectivity index (χ3v) is 3.77. The maximum Gasteiger partial charge on any atom is 0.251 e. The molecule has 2 N–H and O–H groups in total. The van der Waals surface area contributed by atoms with Crippen molar-refractivity contribution in [1.82, 2.24) is 9.80 Å². The minimum absolute atomic E-state index is 0. The Bertz CT molecular complexity index is 355. The fraction of sp³-hybridized carbons (Fsp3) is 0.846. The molecule has 0 aromatic heterocycles. The first kappa shape index (κ1) is 18.2. The standard InChI is InChI=1S/C13H23N3O4.ClH/c1-19-9-10(14)12(17)15-4-6-16(7-5-15)13(18)11-3-2-8-20-11;/h10-11H,2-9,14H2,1H3;1H. The molecule has 2 rings (SSSR count). The highest BCUT2D eigenvalue weighted by atomic mass is 35.5. The van der Waals surface area contributed by atoms with Crippen LogP contribution >= 0.6 is 12.4 Å².